The smallest absolute Gasteiger partial charge is 0.246 e. The van der Waals surface area contributed by atoms with Crippen LogP contribution in [0.15, 0.2) is 36.7 Å². The van der Waals surface area contributed by atoms with E-state index in [0.717, 1.165) is 11.3 Å². The van der Waals surface area contributed by atoms with E-state index in [0.29, 0.717) is 11.6 Å². The molecule has 2 aromatic rings. The van der Waals surface area contributed by atoms with Crippen LogP contribution in [-0.2, 0) is 22.7 Å². The highest BCUT2D eigenvalue weighted by Crippen LogP contribution is 2.23. The van der Waals surface area contributed by atoms with Gasteiger partial charge in [0, 0.05) is 18.4 Å². The summed E-state index contributed by atoms with van der Waals surface area (Å²) < 4.78 is 1.46. The normalized spacial score (nSPS) is 17.6. The van der Waals surface area contributed by atoms with E-state index in [1.165, 1.54) is 10.9 Å². The average molecular weight is 319 g/mol. The van der Waals surface area contributed by atoms with E-state index in [9.17, 15) is 9.59 Å². The molecule has 3 rings (SSSR count). The van der Waals surface area contributed by atoms with Crippen molar-refractivity contribution in [1.29, 1.82) is 0 Å². The van der Waals surface area contributed by atoms with Crippen molar-refractivity contribution in [2.75, 3.05) is 5.32 Å². The second-order valence-electron chi connectivity index (χ2n) is 5.20. The number of para-hydroxylation sites is 1. The fourth-order valence-corrected chi connectivity index (χ4v) is 2.59. The molecular formula is C15H15ClN4O2. The number of hydrogen-bond donors (Lipinski definition) is 1. The van der Waals surface area contributed by atoms with Gasteiger partial charge in [0.05, 0.1) is 11.2 Å². The van der Waals surface area contributed by atoms with Gasteiger partial charge in [-0.2, -0.15) is 5.10 Å². The largest absolute Gasteiger partial charge is 0.325 e. The summed E-state index contributed by atoms with van der Waals surface area (Å²) in [7, 11) is 0. The van der Waals surface area contributed by atoms with Gasteiger partial charge in [0.15, 0.2) is 0 Å². The minimum absolute atomic E-state index is 0.0481. The molecule has 0 fully saturated rings. The first kappa shape index (κ1) is 14.6. The van der Waals surface area contributed by atoms with Crippen molar-refractivity contribution in [3.63, 3.8) is 0 Å². The van der Waals surface area contributed by atoms with Crippen LogP contribution < -0.4 is 5.32 Å². The number of carbonyl (C=O) groups is 2. The number of nitrogens with zero attached hydrogens (tertiary/aromatic N) is 3. The molecule has 2 amide bonds. The van der Waals surface area contributed by atoms with E-state index in [1.807, 2.05) is 24.3 Å². The van der Waals surface area contributed by atoms with Crippen LogP contribution in [-0.4, -0.2) is 32.5 Å². The summed E-state index contributed by atoms with van der Waals surface area (Å²) in [5.41, 5.74) is 1.66. The molecule has 1 atom stereocenters. The summed E-state index contributed by atoms with van der Waals surface area (Å²) >= 11 is 5.80. The number of amides is 2. The molecule has 0 aliphatic carbocycles. The zero-order chi connectivity index (χ0) is 15.7. The van der Waals surface area contributed by atoms with Crippen LogP contribution in [0.3, 0.4) is 0 Å². The second kappa shape index (κ2) is 5.81. The number of hydrogen-bond acceptors (Lipinski definition) is 3. The van der Waals surface area contributed by atoms with Gasteiger partial charge in [-0.1, -0.05) is 29.8 Å². The van der Waals surface area contributed by atoms with Crippen LogP contribution in [0.5, 0.6) is 0 Å². The number of anilines is 1. The third-order valence-corrected chi connectivity index (χ3v) is 3.88. The standard InChI is InChI=1S/C15H15ClN4O2/c1-10-15(22)18-13-5-3-2-4-11(13)7-20(10)14(21)9-19-8-12(16)6-17-19/h2-6,8,10H,7,9H2,1H3,(H,18,22)/t10-/m1/s1. The number of benzene rings is 1. The Hall–Kier alpha value is -2.34. The van der Waals surface area contributed by atoms with Crippen LogP contribution in [0, 0.1) is 0 Å². The number of aromatic nitrogens is 2. The van der Waals surface area contributed by atoms with Gasteiger partial charge in [0.25, 0.3) is 0 Å². The van der Waals surface area contributed by atoms with Crippen LogP contribution >= 0.6 is 11.6 Å². The molecule has 0 radical (unpaired) electrons. The highest BCUT2D eigenvalue weighted by atomic mass is 35.5. The first-order chi connectivity index (χ1) is 10.5. The Morgan fingerprint density at radius 3 is 2.95 bits per heavy atom. The predicted molar refractivity (Wildman–Crippen MR) is 82.3 cm³/mol. The molecule has 6 nitrogen and oxygen atoms in total. The summed E-state index contributed by atoms with van der Waals surface area (Å²) in [5, 5.41) is 7.32. The Morgan fingerprint density at radius 2 is 2.23 bits per heavy atom. The molecule has 2 heterocycles. The quantitative estimate of drug-likeness (QED) is 0.919. The summed E-state index contributed by atoms with van der Waals surface area (Å²) in [4.78, 5) is 26.3. The first-order valence-electron chi connectivity index (χ1n) is 6.91. The van der Waals surface area contributed by atoms with Gasteiger partial charge in [0.1, 0.15) is 12.6 Å². The fourth-order valence-electron chi connectivity index (χ4n) is 2.44. The molecule has 1 aliphatic heterocycles. The minimum atomic E-state index is -0.550. The molecule has 1 aromatic carbocycles. The summed E-state index contributed by atoms with van der Waals surface area (Å²) in [6.45, 7) is 2.14. The van der Waals surface area contributed by atoms with Crippen molar-refractivity contribution in [2.45, 2.75) is 26.1 Å². The van der Waals surface area contributed by atoms with Crippen molar-refractivity contribution in [3.8, 4) is 0 Å². The highest BCUT2D eigenvalue weighted by Gasteiger charge is 2.30. The molecular weight excluding hydrogens is 304 g/mol. The van der Waals surface area contributed by atoms with Gasteiger partial charge in [-0.3, -0.25) is 14.3 Å². The van der Waals surface area contributed by atoms with Crippen molar-refractivity contribution < 1.29 is 9.59 Å². The first-order valence-corrected chi connectivity index (χ1v) is 7.28. The third kappa shape index (κ3) is 2.82. The molecule has 22 heavy (non-hydrogen) atoms. The Bertz CT molecular complexity index is 728. The van der Waals surface area contributed by atoms with Gasteiger partial charge >= 0.3 is 0 Å². The lowest BCUT2D eigenvalue weighted by molar-refractivity contribution is -0.139. The number of fused-ring (bicyclic) bond motifs is 1. The molecule has 0 spiro atoms. The monoisotopic (exact) mass is 318 g/mol. The number of carbonyl (C=O) groups excluding carboxylic acids is 2. The van der Waals surface area contributed by atoms with Crippen molar-refractivity contribution >= 4 is 29.1 Å². The SMILES string of the molecule is C[C@@H]1C(=O)Nc2ccccc2CN1C(=O)Cn1cc(Cl)cn1. The Morgan fingerprint density at radius 1 is 1.45 bits per heavy atom. The zero-order valence-corrected chi connectivity index (χ0v) is 12.7. The summed E-state index contributed by atoms with van der Waals surface area (Å²) in [6, 6.07) is 6.93. The third-order valence-electron chi connectivity index (χ3n) is 3.68. The van der Waals surface area contributed by atoms with Gasteiger partial charge in [-0.05, 0) is 18.6 Å². The molecule has 0 saturated heterocycles. The summed E-state index contributed by atoms with van der Waals surface area (Å²) in [5.74, 6) is -0.379. The lowest BCUT2D eigenvalue weighted by Crippen LogP contribution is -2.44. The second-order valence-corrected chi connectivity index (χ2v) is 5.64. The minimum Gasteiger partial charge on any atom is -0.325 e. The van der Waals surface area contributed by atoms with E-state index in [-0.39, 0.29) is 18.4 Å². The molecule has 7 heteroatoms. The van der Waals surface area contributed by atoms with Gasteiger partial charge in [0.2, 0.25) is 11.8 Å². The van der Waals surface area contributed by atoms with Crippen molar-refractivity contribution in [1.82, 2.24) is 14.7 Å². The van der Waals surface area contributed by atoms with E-state index < -0.39 is 6.04 Å². The van der Waals surface area contributed by atoms with Crippen LogP contribution in [0.4, 0.5) is 5.69 Å². The molecule has 1 aromatic heterocycles. The van der Waals surface area contributed by atoms with Gasteiger partial charge < -0.3 is 10.2 Å². The predicted octanol–water partition coefficient (Wildman–Crippen LogP) is 1.91. The Labute approximate surface area is 132 Å². The van der Waals surface area contributed by atoms with E-state index >= 15 is 0 Å². The number of halogens is 1. The van der Waals surface area contributed by atoms with Crippen LogP contribution in [0.1, 0.15) is 12.5 Å². The lowest BCUT2D eigenvalue weighted by atomic mass is 10.1. The van der Waals surface area contributed by atoms with Crippen LogP contribution in [0.25, 0.3) is 0 Å². The van der Waals surface area contributed by atoms with E-state index in [1.54, 1.807) is 18.0 Å². The molecule has 0 saturated carbocycles. The Balaban J connectivity index is 1.85. The summed E-state index contributed by atoms with van der Waals surface area (Å²) in [6.07, 6.45) is 3.05. The van der Waals surface area contributed by atoms with Gasteiger partial charge in [-0.25, -0.2) is 0 Å². The van der Waals surface area contributed by atoms with E-state index in [2.05, 4.69) is 10.4 Å². The zero-order valence-electron chi connectivity index (χ0n) is 12.0. The molecule has 1 N–H and O–H groups in total. The van der Waals surface area contributed by atoms with Crippen LogP contribution in [0.2, 0.25) is 5.02 Å². The maximum absolute atomic E-state index is 12.5. The van der Waals surface area contributed by atoms with E-state index in [4.69, 9.17) is 11.6 Å². The fraction of sp³-hybridized carbons (Fsp3) is 0.267. The van der Waals surface area contributed by atoms with Crippen molar-refractivity contribution in [3.05, 3.63) is 47.2 Å². The maximum Gasteiger partial charge on any atom is 0.246 e. The van der Waals surface area contributed by atoms with Gasteiger partial charge in [-0.15, -0.1) is 0 Å². The number of nitrogens with one attached hydrogen (secondary N) is 1. The Kier molecular flexibility index (Phi) is 3.85. The lowest BCUT2D eigenvalue weighted by Gasteiger charge is -2.25. The molecule has 0 unspecified atom stereocenters. The highest BCUT2D eigenvalue weighted by molar-refractivity contribution is 6.30. The van der Waals surface area contributed by atoms with Crippen molar-refractivity contribution in [2.24, 2.45) is 0 Å². The average Bonchev–Trinajstić information content (AvgIpc) is 2.84. The molecule has 114 valence electrons. The topological polar surface area (TPSA) is 67.2 Å². The molecule has 1 aliphatic rings. The number of rotatable bonds is 2. The molecule has 0 bridgehead atoms. The maximum atomic E-state index is 12.5.